The molecule has 0 heterocycles. The first-order valence-electron chi connectivity index (χ1n) is 16.8. The van der Waals surface area contributed by atoms with Crippen LogP contribution >= 0.6 is 12.6 Å². The Balaban J connectivity index is 1.50. The number of rotatable bonds is 6. The van der Waals surface area contributed by atoms with E-state index in [4.69, 9.17) is 22.1 Å². The molecule has 12 atom stereocenters. The Hall–Kier alpha value is -1.65. The number of aliphatic hydroxyl groups is 4. The second-order valence-corrected chi connectivity index (χ2v) is 16.7. The van der Waals surface area contributed by atoms with Crippen molar-refractivity contribution in [2.75, 3.05) is 13.2 Å². The van der Waals surface area contributed by atoms with Crippen molar-refractivity contribution in [1.82, 2.24) is 0 Å². The number of aliphatic hydroxyl groups excluding tert-OH is 4. The lowest BCUT2D eigenvalue weighted by Crippen LogP contribution is -2.70. The van der Waals surface area contributed by atoms with Gasteiger partial charge in [-0.15, -0.1) is 0 Å². The quantitative estimate of drug-likeness (QED) is 0.123. The van der Waals surface area contributed by atoms with E-state index in [0.29, 0.717) is 19.3 Å². The molecule has 0 spiro atoms. The lowest BCUT2D eigenvalue weighted by molar-refractivity contribution is -0.241. The number of carbonyl (C=O) groups excluding carboxylic acids is 2. The summed E-state index contributed by atoms with van der Waals surface area (Å²) in [7, 11) is 0. The van der Waals surface area contributed by atoms with E-state index in [0.717, 1.165) is 31.3 Å². The standard InChI is InChI=1S/C36H54O8S/c1-7-9-28(40)43-20-34(6)24-13-16-36(45)22-17-27(39)35(19-37)23(18-32(3,4)31(30(35)42)44-29(41)10-8-2)21(22)11-12-25(36)33(24,5)15-14-26(34)38/h7-11,22-27,30-31,37-39,42,45H,12-20H2,1-6H3/b9-7+,10-8+/t22?,23?,24?,25?,26-,27+,30-,31-,33-,34+,35-,36?/m0/s1. The average Bonchev–Trinajstić information content (AvgIpc) is 2.97. The van der Waals surface area contributed by atoms with Crippen LogP contribution in [-0.2, 0) is 19.1 Å². The highest BCUT2D eigenvalue weighted by molar-refractivity contribution is 7.81. The van der Waals surface area contributed by atoms with Gasteiger partial charge in [0.25, 0.3) is 0 Å². The largest absolute Gasteiger partial charge is 0.462 e. The number of allylic oxidation sites excluding steroid dienone is 4. The molecule has 0 radical (unpaired) electrons. The van der Waals surface area contributed by atoms with E-state index in [2.05, 4.69) is 19.9 Å². The van der Waals surface area contributed by atoms with Gasteiger partial charge in [0.1, 0.15) is 12.2 Å². The van der Waals surface area contributed by atoms with E-state index in [9.17, 15) is 30.0 Å². The van der Waals surface area contributed by atoms with Crippen molar-refractivity contribution in [2.24, 2.45) is 45.3 Å². The molecular weight excluding hydrogens is 592 g/mol. The minimum atomic E-state index is -1.26. The van der Waals surface area contributed by atoms with Crippen LogP contribution in [0.4, 0.5) is 0 Å². The molecule has 8 nitrogen and oxygen atoms in total. The number of hydrogen-bond acceptors (Lipinski definition) is 9. The van der Waals surface area contributed by atoms with Crippen LogP contribution in [0.3, 0.4) is 0 Å². The number of hydrogen-bond donors (Lipinski definition) is 5. The Kier molecular flexibility index (Phi) is 9.33. The van der Waals surface area contributed by atoms with Crippen molar-refractivity contribution in [3.8, 4) is 0 Å². The predicted molar refractivity (Wildman–Crippen MR) is 174 cm³/mol. The molecule has 0 bridgehead atoms. The van der Waals surface area contributed by atoms with Gasteiger partial charge in [-0.2, -0.15) is 12.6 Å². The van der Waals surface area contributed by atoms with Crippen LogP contribution in [0.2, 0.25) is 0 Å². The van der Waals surface area contributed by atoms with Gasteiger partial charge in [-0.25, -0.2) is 9.59 Å². The van der Waals surface area contributed by atoms with Crippen molar-refractivity contribution in [3.05, 3.63) is 36.0 Å². The van der Waals surface area contributed by atoms with Gasteiger partial charge in [0.2, 0.25) is 0 Å². The summed E-state index contributed by atoms with van der Waals surface area (Å²) in [5.41, 5.74) is -1.51. The first-order valence-corrected chi connectivity index (χ1v) is 17.2. The molecule has 0 amide bonds. The molecule has 5 aliphatic rings. The van der Waals surface area contributed by atoms with Crippen molar-refractivity contribution < 1.29 is 39.5 Å². The summed E-state index contributed by atoms with van der Waals surface area (Å²) in [6, 6.07) is 0. The molecule has 4 saturated carbocycles. The number of thiol groups is 1. The Morgan fingerprint density at radius 1 is 0.956 bits per heavy atom. The van der Waals surface area contributed by atoms with E-state index in [-0.39, 0.29) is 35.7 Å². The summed E-state index contributed by atoms with van der Waals surface area (Å²) >= 11 is 5.56. The molecule has 45 heavy (non-hydrogen) atoms. The Labute approximate surface area is 273 Å². The van der Waals surface area contributed by atoms with Crippen LogP contribution < -0.4 is 0 Å². The van der Waals surface area contributed by atoms with Gasteiger partial charge in [-0.05, 0) is 87.9 Å². The smallest absolute Gasteiger partial charge is 0.330 e. The molecule has 5 rings (SSSR count). The van der Waals surface area contributed by atoms with Gasteiger partial charge >= 0.3 is 11.9 Å². The lowest BCUT2D eigenvalue weighted by atomic mass is 9.39. The third-order valence-electron chi connectivity index (χ3n) is 13.3. The molecule has 9 heteroatoms. The molecule has 5 aliphatic carbocycles. The maximum absolute atomic E-state index is 12.5. The topological polar surface area (TPSA) is 134 Å². The lowest BCUT2D eigenvalue weighted by Gasteiger charge is -2.69. The van der Waals surface area contributed by atoms with E-state index < -0.39 is 64.0 Å². The minimum absolute atomic E-state index is 0.0622. The molecule has 4 N–H and O–H groups in total. The van der Waals surface area contributed by atoms with Gasteiger partial charge in [0, 0.05) is 27.7 Å². The summed E-state index contributed by atoms with van der Waals surface area (Å²) in [5, 5.41) is 46.1. The molecule has 0 aromatic rings. The molecule has 0 aliphatic heterocycles. The summed E-state index contributed by atoms with van der Waals surface area (Å²) < 4.78 is 11.0. The van der Waals surface area contributed by atoms with E-state index >= 15 is 0 Å². The molecule has 0 aromatic heterocycles. The van der Waals surface area contributed by atoms with Crippen LogP contribution in [0.15, 0.2) is 36.0 Å². The molecule has 0 saturated heterocycles. The fraction of sp³-hybridized carbons (Fsp3) is 0.778. The second kappa shape index (κ2) is 12.1. The second-order valence-electron chi connectivity index (χ2n) is 15.9. The highest BCUT2D eigenvalue weighted by Crippen LogP contribution is 2.71. The van der Waals surface area contributed by atoms with Crippen LogP contribution in [0.25, 0.3) is 0 Å². The highest BCUT2D eigenvalue weighted by Gasteiger charge is 2.70. The van der Waals surface area contributed by atoms with Crippen molar-refractivity contribution in [1.29, 1.82) is 0 Å². The Morgan fingerprint density at radius 3 is 2.27 bits per heavy atom. The molecule has 5 unspecified atom stereocenters. The first-order chi connectivity index (χ1) is 21.1. The van der Waals surface area contributed by atoms with Crippen LogP contribution in [-0.4, -0.2) is 74.7 Å². The van der Waals surface area contributed by atoms with Crippen molar-refractivity contribution >= 4 is 24.6 Å². The van der Waals surface area contributed by atoms with Gasteiger partial charge in [-0.1, -0.05) is 51.5 Å². The molecule has 0 aromatic carbocycles. The first kappa shape index (κ1) is 34.7. The predicted octanol–water partition coefficient (Wildman–Crippen LogP) is 4.55. The molecular formula is C36H54O8S. The summed E-state index contributed by atoms with van der Waals surface area (Å²) in [4.78, 5) is 24.8. The summed E-state index contributed by atoms with van der Waals surface area (Å²) in [6.45, 7) is 11.6. The zero-order chi connectivity index (χ0) is 33.2. The van der Waals surface area contributed by atoms with Crippen LogP contribution in [0.1, 0.15) is 86.5 Å². The zero-order valence-corrected chi connectivity index (χ0v) is 28.6. The fourth-order valence-corrected chi connectivity index (χ4v) is 11.7. The number of esters is 2. The Morgan fingerprint density at radius 2 is 1.62 bits per heavy atom. The summed E-state index contributed by atoms with van der Waals surface area (Å²) in [6.07, 6.45) is 9.17. The Bertz CT molecular complexity index is 1260. The van der Waals surface area contributed by atoms with Crippen LogP contribution in [0.5, 0.6) is 0 Å². The summed E-state index contributed by atoms with van der Waals surface area (Å²) in [5.74, 6) is -1.05. The maximum atomic E-state index is 12.5. The van der Waals surface area contributed by atoms with E-state index in [1.807, 2.05) is 13.8 Å². The molecule has 252 valence electrons. The van der Waals surface area contributed by atoms with Crippen molar-refractivity contribution in [3.63, 3.8) is 0 Å². The SMILES string of the molecule is C/C=C/C(=O)OC[C@]1(C)C2CCC3(S)C4C[C@@H](O)[C@]5(CO)C(CC(C)(C)[C@@H](OC(=O)/C=C/C)[C@@H]5O)C4=CCC3[C@@]2(C)CC[C@@H]1O. The zero-order valence-electron chi connectivity index (χ0n) is 27.7. The number of fused-ring (bicyclic) bond motifs is 7. The molecule has 4 fully saturated rings. The third-order valence-corrected chi connectivity index (χ3v) is 14.1. The fourth-order valence-electron chi connectivity index (χ4n) is 10.9. The van der Waals surface area contributed by atoms with Gasteiger partial charge in [-0.3, -0.25) is 0 Å². The van der Waals surface area contributed by atoms with Crippen LogP contribution in [0, 0.1) is 45.3 Å². The highest BCUT2D eigenvalue weighted by atomic mass is 32.1. The van der Waals surface area contributed by atoms with E-state index in [1.165, 1.54) is 12.2 Å². The van der Waals surface area contributed by atoms with Crippen molar-refractivity contribution in [2.45, 2.75) is 116 Å². The van der Waals surface area contributed by atoms with Gasteiger partial charge < -0.3 is 29.9 Å². The third kappa shape index (κ3) is 5.18. The number of carbonyl (C=O) groups is 2. The minimum Gasteiger partial charge on any atom is -0.462 e. The average molecular weight is 647 g/mol. The van der Waals surface area contributed by atoms with Gasteiger partial charge in [0.15, 0.2) is 0 Å². The number of ether oxygens (including phenoxy) is 2. The van der Waals surface area contributed by atoms with Gasteiger partial charge in [0.05, 0.1) is 30.8 Å². The monoisotopic (exact) mass is 646 g/mol. The normalized spacial score (nSPS) is 47.2. The van der Waals surface area contributed by atoms with E-state index in [1.54, 1.807) is 26.0 Å². The maximum Gasteiger partial charge on any atom is 0.330 e.